The van der Waals surface area contributed by atoms with E-state index in [1.165, 1.54) is 36.4 Å². The third-order valence-corrected chi connectivity index (χ3v) is 7.65. The van der Waals surface area contributed by atoms with Crippen LogP contribution in [0.5, 0.6) is 0 Å². The lowest BCUT2D eigenvalue weighted by atomic mass is 9.77. The molecule has 0 bridgehead atoms. The Hall–Kier alpha value is -4.43. The molecule has 2 saturated heterocycles. The van der Waals surface area contributed by atoms with E-state index in [0.717, 1.165) is 10.5 Å². The van der Waals surface area contributed by atoms with Crippen LogP contribution >= 0.6 is 0 Å². The minimum Gasteiger partial charge on any atom is -0.462 e. The van der Waals surface area contributed by atoms with E-state index >= 15 is 0 Å². The van der Waals surface area contributed by atoms with Crippen molar-refractivity contribution in [2.75, 3.05) is 11.5 Å². The lowest BCUT2D eigenvalue weighted by molar-refractivity contribution is -0.127. The Morgan fingerprint density at radius 2 is 1.47 bits per heavy atom. The Morgan fingerprint density at radius 3 is 2.08 bits per heavy atom. The highest BCUT2D eigenvalue weighted by molar-refractivity contribution is 6.37. The fourth-order valence-electron chi connectivity index (χ4n) is 5.92. The van der Waals surface area contributed by atoms with E-state index in [1.54, 1.807) is 31.2 Å². The molecular formula is C30H23NO7. The fourth-order valence-corrected chi connectivity index (χ4v) is 5.92. The van der Waals surface area contributed by atoms with Gasteiger partial charge in [0.1, 0.15) is 0 Å². The molecule has 2 aliphatic heterocycles. The normalized spacial score (nSPS) is 23.2. The number of imide groups is 1. The lowest BCUT2D eigenvalue weighted by Gasteiger charge is -2.27. The summed E-state index contributed by atoms with van der Waals surface area (Å²) in [6.07, 6.45) is -0.983. The lowest BCUT2D eigenvalue weighted by Crippen LogP contribution is -2.51. The summed E-state index contributed by atoms with van der Waals surface area (Å²) in [7, 11) is 0. The van der Waals surface area contributed by atoms with Gasteiger partial charge in [-0.25, -0.2) is 9.69 Å². The molecule has 1 spiro atoms. The van der Waals surface area contributed by atoms with Gasteiger partial charge in [0.05, 0.1) is 35.8 Å². The maximum Gasteiger partial charge on any atom is 0.338 e. The summed E-state index contributed by atoms with van der Waals surface area (Å²) < 4.78 is 11.3. The Kier molecular flexibility index (Phi) is 5.39. The molecule has 3 aromatic rings. The fraction of sp³-hybridized carbons (Fsp3) is 0.233. The van der Waals surface area contributed by atoms with E-state index < -0.39 is 52.9 Å². The number of hydrogen-bond donors (Lipinski definition) is 0. The summed E-state index contributed by atoms with van der Waals surface area (Å²) in [4.78, 5) is 68.7. The highest BCUT2D eigenvalue weighted by Crippen LogP contribution is 2.58. The number of carbonyl (C=O) groups excluding carboxylic acids is 5. The minimum absolute atomic E-state index is 0.180. The summed E-state index contributed by atoms with van der Waals surface area (Å²) in [5.74, 6) is -5.41. The number of fused-ring (bicyclic) bond motifs is 3. The van der Waals surface area contributed by atoms with Crippen molar-refractivity contribution in [1.29, 1.82) is 0 Å². The number of Topliss-reactive ketones (excluding diaryl/α,β-unsaturated/α-hetero) is 2. The highest BCUT2D eigenvalue weighted by Gasteiger charge is 2.74. The van der Waals surface area contributed by atoms with Crippen LogP contribution in [0.2, 0.25) is 0 Å². The average molecular weight is 510 g/mol. The van der Waals surface area contributed by atoms with Crippen molar-refractivity contribution in [3.05, 3.63) is 101 Å². The van der Waals surface area contributed by atoms with Crippen molar-refractivity contribution in [3.8, 4) is 0 Å². The molecule has 3 atom stereocenters. The van der Waals surface area contributed by atoms with Gasteiger partial charge in [-0.05, 0) is 49.2 Å². The van der Waals surface area contributed by atoms with Crippen LogP contribution in [-0.4, -0.2) is 41.6 Å². The summed E-state index contributed by atoms with van der Waals surface area (Å²) in [5.41, 5.74) is 0.171. The van der Waals surface area contributed by atoms with Crippen molar-refractivity contribution in [2.45, 2.75) is 25.6 Å². The van der Waals surface area contributed by atoms with Crippen LogP contribution in [0.1, 0.15) is 55.2 Å². The molecule has 0 aromatic heterocycles. The molecule has 0 saturated carbocycles. The van der Waals surface area contributed by atoms with Gasteiger partial charge in [0, 0.05) is 11.1 Å². The minimum atomic E-state index is -2.13. The smallest absolute Gasteiger partial charge is 0.338 e. The molecule has 1 aliphatic carbocycles. The number of ether oxygens (including phenoxy) is 2. The molecular weight excluding hydrogens is 486 g/mol. The van der Waals surface area contributed by atoms with Crippen molar-refractivity contribution in [3.63, 3.8) is 0 Å². The second-order valence-electron chi connectivity index (χ2n) is 9.62. The largest absolute Gasteiger partial charge is 0.462 e. The summed E-state index contributed by atoms with van der Waals surface area (Å²) in [6, 6.07) is 19.5. The second kappa shape index (κ2) is 8.56. The molecule has 2 heterocycles. The molecule has 0 unspecified atom stereocenters. The quantitative estimate of drug-likeness (QED) is 0.299. The molecule has 2 fully saturated rings. The number of ketones is 2. The van der Waals surface area contributed by atoms with Gasteiger partial charge in [0.25, 0.3) is 0 Å². The number of nitrogens with zero attached hydrogens (tertiary/aromatic N) is 1. The molecule has 8 heteroatoms. The second-order valence-corrected chi connectivity index (χ2v) is 9.62. The molecule has 190 valence electrons. The predicted molar refractivity (Wildman–Crippen MR) is 135 cm³/mol. The van der Waals surface area contributed by atoms with Gasteiger partial charge in [-0.15, -0.1) is 0 Å². The van der Waals surface area contributed by atoms with Crippen molar-refractivity contribution in [1.82, 2.24) is 0 Å². The van der Waals surface area contributed by atoms with Crippen LogP contribution < -0.4 is 4.90 Å². The van der Waals surface area contributed by atoms with E-state index in [2.05, 4.69) is 0 Å². The van der Waals surface area contributed by atoms with Gasteiger partial charge >= 0.3 is 5.97 Å². The van der Waals surface area contributed by atoms with Crippen molar-refractivity contribution >= 4 is 35.0 Å². The number of amides is 2. The number of carbonyl (C=O) groups is 5. The Morgan fingerprint density at radius 1 is 0.868 bits per heavy atom. The number of benzene rings is 3. The Balaban J connectivity index is 1.48. The van der Waals surface area contributed by atoms with Crippen molar-refractivity contribution in [2.24, 2.45) is 11.8 Å². The zero-order chi connectivity index (χ0) is 26.8. The molecule has 38 heavy (non-hydrogen) atoms. The van der Waals surface area contributed by atoms with E-state index in [4.69, 9.17) is 9.47 Å². The topological polar surface area (TPSA) is 107 Å². The molecule has 0 radical (unpaired) electrons. The van der Waals surface area contributed by atoms with E-state index in [0.29, 0.717) is 5.56 Å². The molecule has 3 aromatic carbocycles. The Labute approximate surface area is 218 Å². The molecule has 3 aliphatic rings. The zero-order valence-electron chi connectivity index (χ0n) is 20.7. The standard InChI is InChI=1S/C30H23NO7/c1-3-37-29(36)17-12-14-18(15-13-17)31-27(34)22-23(28(31)35)30(38-24(22)19-9-5-4-8-16(19)2)25(32)20-10-6-7-11-21(20)26(30)33/h4-15,22-24H,3H2,1-2H3/t22-,23+,24+/m0/s1. The highest BCUT2D eigenvalue weighted by atomic mass is 16.5. The molecule has 8 nitrogen and oxygen atoms in total. The third-order valence-electron chi connectivity index (χ3n) is 7.65. The number of aryl methyl sites for hydroxylation is 1. The van der Waals surface area contributed by atoms with E-state index in [9.17, 15) is 24.0 Å². The van der Waals surface area contributed by atoms with Gasteiger partial charge in [-0.3, -0.25) is 19.2 Å². The maximum absolute atomic E-state index is 14.0. The van der Waals surface area contributed by atoms with Gasteiger partial charge in [-0.2, -0.15) is 0 Å². The van der Waals surface area contributed by atoms with Crippen LogP contribution in [0.15, 0.2) is 72.8 Å². The SMILES string of the molecule is CCOC(=O)c1ccc(N2C(=O)[C@@H]3[C@@H](c4ccccc4C)OC4(C(=O)c5ccccc5C4=O)[C@H]3C2=O)cc1. The third kappa shape index (κ3) is 3.10. The summed E-state index contributed by atoms with van der Waals surface area (Å²) in [5, 5.41) is 0. The average Bonchev–Trinajstić information content (AvgIpc) is 3.49. The van der Waals surface area contributed by atoms with Gasteiger partial charge in [0.15, 0.2) is 0 Å². The first kappa shape index (κ1) is 23.9. The van der Waals surface area contributed by atoms with Crippen LogP contribution in [0.3, 0.4) is 0 Å². The van der Waals surface area contributed by atoms with Crippen LogP contribution in [-0.2, 0) is 19.1 Å². The molecule has 2 amide bonds. The van der Waals surface area contributed by atoms with Crippen LogP contribution in [0, 0.1) is 18.8 Å². The number of rotatable bonds is 4. The van der Waals surface area contributed by atoms with E-state index in [1.807, 2.05) is 19.1 Å². The summed E-state index contributed by atoms with van der Waals surface area (Å²) >= 11 is 0. The maximum atomic E-state index is 14.0. The first-order chi connectivity index (χ1) is 18.3. The first-order valence-electron chi connectivity index (χ1n) is 12.4. The molecule has 0 N–H and O–H groups in total. The van der Waals surface area contributed by atoms with E-state index in [-0.39, 0.29) is 29.0 Å². The van der Waals surface area contributed by atoms with Gasteiger partial charge in [-0.1, -0.05) is 48.5 Å². The number of anilines is 1. The number of esters is 1. The van der Waals surface area contributed by atoms with Crippen LogP contribution in [0.25, 0.3) is 0 Å². The van der Waals surface area contributed by atoms with Crippen LogP contribution in [0.4, 0.5) is 5.69 Å². The zero-order valence-corrected chi connectivity index (χ0v) is 20.7. The first-order valence-corrected chi connectivity index (χ1v) is 12.4. The van der Waals surface area contributed by atoms with Gasteiger partial charge < -0.3 is 9.47 Å². The monoisotopic (exact) mass is 509 g/mol. The predicted octanol–water partition coefficient (Wildman–Crippen LogP) is 3.87. The van der Waals surface area contributed by atoms with Crippen molar-refractivity contribution < 1.29 is 33.4 Å². The molecule has 6 rings (SSSR count). The number of hydrogen-bond acceptors (Lipinski definition) is 7. The summed E-state index contributed by atoms with van der Waals surface area (Å²) in [6.45, 7) is 3.75. The van der Waals surface area contributed by atoms with Gasteiger partial charge in [0.2, 0.25) is 29.0 Å². The Bertz CT molecular complexity index is 1510.